The fourth-order valence-corrected chi connectivity index (χ4v) is 2.35. The molecule has 1 amide bonds. The van der Waals surface area contributed by atoms with Gasteiger partial charge in [-0.25, -0.2) is 4.98 Å². The molecule has 1 saturated carbocycles. The van der Waals surface area contributed by atoms with Gasteiger partial charge < -0.3 is 11.1 Å². The molecule has 0 saturated heterocycles. The van der Waals surface area contributed by atoms with Gasteiger partial charge >= 0.3 is 0 Å². The molecule has 0 spiro atoms. The van der Waals surface area contributed by atoms with E-state index in [1.54, 1.807) is 6.07 Å². The number of carbonyl (C=O) groups excluding carboxylic acids is 1. The summed E-state index contributed by atoms with van der Waals surface area (Å²) >= 11 is 0. The highest BCUT2D eigenvalue weighted by Crippen LogP contribution is 2.29. The van der Waals surface area contributed by atoms with Gasteiger partial charge in [0.15, 0.2) is 0 Å². The van der Waals surface area contributed by atoms with Crippen molar-refractivity contribution >= 4 is 11.7 Å². The van der Waals surface area contributed by atoms with Crippen LogP contribution in [-0.2, 0) is 0 Å². The first-order valence-corrected chi connectivity index (χ1v) is 7.05. The van der Waals surface area contributed by atoms with Crippen molar-refractivity contribution < 1.29 is 4.79 Å². The third kappa shape index (κ3) is 3.25. The first kappa shape index (κ1) is 13.8. The molecule has 1 heterocycles. The van der Waals surface area contributed by atoms with Crippen molar-refractivity contribution in [1.29, 1.82) is 0 Å². The maximum atomic E-state index is 12.2. The van der Waals surface area contributed by atoms with Crippen molar-refractivity contribution in [2.45, 2.75) is 52.0 Å². The molecular formula is C15H23N3O. The van der Waals surface area contributed by atoms with Gasteiger partial charge in [-0.05, 0) is 43.7 Å². The first-order valence-electron chi connectivity index (χ1n) is 7.05. The van der Waals surface area contributed by atoms with Crippen molar-refractivity contribution in [3.8, 4) is 0 Å². The van der Waals surface area contributed by atoms with E-state index < -0.39 is 0 Å². The second kappa shape index (κ2) is 5.59. The summed E-state index contributed by atoms with van der Waals surface area (Å²) in [6.07, 6.45) is 3.72. The van der Waals surface area contributed by atoms with E-state index in [4.69, 9.17) is 5.73 Å². The number of nitrogens with zero attached hydrogens (tertiary/aromatic N) is 1. The zero-order valence-corrected chi connectivity index (χ0v) is 11.9. The molecule has 1 aliphatic carbocycles. The second-order valence-electron chi connectivity index (χ2n) is 5.81. The average molecular weight is 261 g/mol. The lowest BCUT2D eigenvalue weighted by Gasteiger charge is -2.31. The highest BCUT2D eigenvalue weighted by molar-refractivity contribution is 5.95. The average Bonchev–Trinajstić information content (AvgIpc) is 2.25. The molecule has 19 heavy (non-hydrogen) atoms. The Labute approximate surface area is 114 Å². The van der Waals surface area contributed by atoms with Gasteiger partial charge in [-0.1, -0.05) is 20.3 Å². The molecule has 1 unspecified atom stereocenters. The number of amides is 1. The zero-order valence-electron chi connectivity index (χ0n) is 11.9. The predicted molar refractivity (Wildman–Crippen MR) is 77.0 cm³/mol. The van der Waals surface area contributed by atoms with Crippen molar-refractivity contribution in [3.05, 3.63) is 23.4 Å². The van der Waals surface area contributed by atoms with E-state index in [0.29, 0.717) is 17.3 Å². The number of pyridine rings is 1. The Kier molecular flexibility index (Phi) is 4.08. The number of rotatable bonds is 4. The number of nitrogen functional groups attached to an aromatic ring is 1. The van der Waals surface area contributed by atoms with Gasteiger partial charge in [-0.15, -0.1) is 0 Å². The van der Waals surface area contributed by atoms with Crippen molar-refractivity contribution in [2.75, 3.05) is 5.73 Å². The lowest BCUT2D eigenvalue weighted by Crippen LogP contribution is -2.40. The van der Waals surface area contributed by atoms with Crippen LogP contribution in [0, 0.1) is 5.92 Å². The SMILES string of the molecule is CC(C)c1cc(C(=O)NC(C)C2CCC2)cc(N)n1. The Bertz CT molecular complexity index is 466. The van der Waals surface area contributed by atoms with Crippen LogP contribution in [-0.4, -0.2) is 16.9 Å². The summed E-state index contributed by atoms with van der Waals surface area (Å²) in [5.41, 5.74) is 7.25. The normalized spacial score (nSPS) is 17.1. The zero-order chi connectivity index (χ0) is 14.0. The number of aromatic nitrogens is 1. The van der Waals surface area contributed by atoms with Crippen LogP contribution in [0.15, 0.2) is 12.1 Å². The second-order valence-corrected chi connectivity index (χ2v) is 5.81. The van der Waals surface area contributed by atoms with Crippen LogP contribution >= 0.6 is 0 Å². The highest BCUT2D eigenvalue weighted by atomic mass is 16.1. The minimum atomic E-state index is -0.0459. The number of nitrogens with one attached hydrogen (secondary N) is 1. The summed E-state index contributed by atoms with van der Waals surface area (Å²) < 4.78 is 0. The molecule has 2 rings (SSSR count). The topological polar surface area (TPSA) is 68.0 Å². The molecule has 3 N–H and O–H groups in total. The van der Waals surface area contributed by atoms with Gasteiger partial charge in [0.25, 0.3) is 5.91 Å². The highest BCUT2D eigenvalue weighted by Gasteiger charge is 2.25. The van der Waals surface area contributed by atoms with E-state index in [-0.39, 0.29) is 17.9 Å². The van der Waals surface area contributed by atoms with Gasteiger partial charge in [0.05, 0.1) is 0 Å². The predicted octanol–water partition coefficient (Wildman–Crippen LogP) is 2.71. The molecule has 1 fully saturated rings. The van der Waals surface area contributed by atoms with E-state index in [1.807, 2.05) is 19.9 Å². The molecule has 1 aromatic heterocycles. The van der Waals surface area contributed by atoms with Gasteiger partial charge in [-0.2, -0.15) is 0 Å². The molecule has 0 aliphatic heterocycles. The van der Waals surface area contributed by atoms with Gasteiger partial charge in [0, 0.05) is 17.3 Å². The lowest BCUT2D eigenvalue weighted by molar-refractivity contribution is 0.0909. The summed E-state index contributed by atoms with van der Waals surface area (Å²) in [6, 6.07) is 3.72. The van der Waals surface area contributed by atoms with Crippen LogP contribution in [0.25, 0.3) is 0 Å². The molecule has 0 radical (unpaired) electrons. The van der Waals surface area contributed by atoms with E-state index in [9.17, 15) is 4.79 Å². The molecule has 4 nitrogen and oxygen atoms in total. The molecule has 1 aromatic rings. The van der Waals surface area contributed by atoms with Crippen LogP contribution < -0.4 is 11.1 Å². The Morgan fingerprint density at radius 3 is 2.58 bits per heavy atom. The third-order valence-corrected chi connectivity index (χ3v) is 3.93. The van der Waals surface area contributed by atoms with Crippen LogP contribution in [0.3, 0.4) is 0 Å². The summed E-state index contributed by atoms with van der Waals surface area (Å²) in [6.45, 7) is 6.16. The Hall–Kier alpha value is -1.58. The van der Waals surface area contributed by atoms with Crippen LogP contribution in [0.5, 0.6) is 0 Å². The van der Waals surface area contributed by atoms with Crippen molar-refractivity contribution in [2.24, 2.45) is 5.92 Å². The minimum Gasteiger partial charge on any atom is -0.384 e. The van der Waals surface area contributed by atoms with E-state index in [2.05, 4.69) is 17.2 Å². The van der Waals surface area contributed by atoms with E-state index >= 15 is 0 Å². The van der Waals surface area contributed by atoms with Gasteiger partial charge in [-0.3, -0.25) is 4.79 Å². The van der Waals surface area contributed by atoms with Crippen LogP contribution in [0.4, 0.5) is 5.82 Å². The molecule has 104 valence electrons. The number of carbonyl (C=O) groups is 1. The smallest absolute Gasteiger partial charge is 0.251 e. The standard InChI is InChI=1S/C15H23N3O/c1-9(2)13-7-12(8-14(16)18-13)15(19)17-10(3)11-5-4-6-11/h7-11H,4-6H2,1-3H3,(H2,16,18)(H,17,19). The Balaban J connectivity index is 2.09. The lowest BCUT2D eigenvalue weighted by atomic mass is 9.80. The number of anilines is 1. The molecule has 0 bridgehead atoms. The molecule has 0 aromatic carbocycles. The van der Waals surface area contributed by atoms with Crippen LogP contribution in [0.2, 0.25) is 0 Å². The fourth-order valence-electron chi connectivity index (χ4n) is 2.35. The third-order valence-electron chi connectivity index (χ3n) is 3.93. The first-order chi connectivity index (χ1) is 8.97. The number of hydrogen-bond acceptors (Lipinski definition) is 3. The maximum Gasteiger partial charge on any atom is 0.251 e. The number of hydrogen-bond donors (Lipinski definition) is 2. The van der Waals surface area contributed by atoms with E-state index in [1.165, 1.54) is 19.3 Å². The molecular weight excluding hydrogens is 238 g/mol. The summed E-state index contributed by atoms with van der Waals surface area (Å²) in [5, 5.41) is 3.07. The Morgan fingerprint density at radius 1 is 1.37 bits per heavy atom. The largest absolute Gasteiger partial charge is 0.384 e. The molecule has 1 aliphatic rings. The number of nitrogens with two attached hydrogens (primary N) is 1. The minimum absolute atomic E-state index is 0.0459. The maximum absolute atomic E-state index is 12.2. The van der Waals surface area contributed by atoms with Crippen molar-refractivity contribution in [1.82, 2.24) is 10.3 Å². The Morgan fingerprint density at radius 2 is 2.05 bits per heavy atom. The van der Waals surface area contributed by atoms with Gasteiger partial charge in [0.1, 0.15) is 5.82 Å². The molecule has 4 heteroatoms. The summed E-state index contributed by atoms with van der Waals surface area (Å²) in [7, 11) is 0. The van der Waals surface area contributed by atoms with Crippen LogP contribution in [0.1, 0.15) is 62.0 Å². The van der Waals surface area contributed by atoms with E-state index in [0.717, 1.165) is 5.69 Å². The fraction of sp³-hybridized carbons (Fsp3) is 0.600. The van der Waals surface area contributed by atoms with Crippen molar-refractivity contribution in [3.63, 3.8) is 0 Å². The summed E-state index contributed by atoms with van der Waals surface area (Å²) in [5.74, 6) is 1.26. The molecule has 1 atom stereocenters. The summed E-state index contributed by atoms with van der Waals surface area (Å²) in [4.78, 5) is 16.5. The quantitative estimate of drug-likeness (QED) is 0.875. The monoisotopic (exact) mass is 261 g/mol. The van der Waals surface area contributed by atoms with Gasteiger partial charge in [0.2, 0.25) is 0 Å².